The first-order valence-corrected chi connectivity index (χ1v) is 20.6. The van der Waals surface area contributed by atoms with Gasteiger partial charge in [-0.3, -0.25) is 0 Å². The fraction of sp³-hybridized carbons (Fsp3) is 0. The molecule has 0 aliphatic carbocycles. The quantitative estimate of drug-likeness (QED) is 0.157. The van der Waals surface area contributed by atoms with E-state index in [1.54, 1.807) is 0 Å². The number of hydrogen-bond donors (Lipinski definition) is 0. The van der Waals surface area contributed by atoms with Crippen molar-refractivity contribution in [3.8, 4) is 44.5 Å². The van der Waals surface area contributed by atoms with Crippen molar-refractivity contribution >= 4 is 70.1 Å². The van der Waals surface area contributed by atoms with Crippen molar-refractivity contribution in [1.82, 2.24) is 0 Å². The van der Waals surface area contributed by atoms with Crippen molar-refractivity contribution in [1.29, 1.82) is 0 Å². The highest BCUT2D eigenvalue weighted by Gasteiger charge is 2.15. The number of nitrogens with zero attached hydrogens (tertiary/aromatic N) is 1. The largest absolute Gasteiger partial charge is 0.311 e. The van der Waals surface area contributed by atoms with Crippen LogP contribution in [0.15, 0.2) is 224 Å². The van der Waals surface area contributed by atoms with E-state index in [4.69, 9.17) is 0 Å². The average molecular weight is 756 g/mol. The van der Waals surface area contributed by atoms with Gasteiger partial charge in [-0.15, -0.1) is 11.3 Å². The minimum atomic E-state index is 1.10. The minimum Gasteiger partial charge on any atom is -0.311 e. The number of rotatable bonds is 7. The number of hydrogen-bond acceptors (Lipinski definition) is 2. The topological polar surface area (TPSA) is 3.24 Å². The lowest BCUT2D eigenvalue weighted by Crippen LogP contribution is -2.09. The van der Waals surface area contributed by atoms with E-state index < -0.39 is 0 Å². The van der Waals surface area contributed by atoms with Gasteiger partial charge in [-0.2, -0.15) is 0 Å². The highest BCUT2D eigenvalue weighted by Crippen LogP contribution is 2.40. The smallest absolute Gasteiger partial charge is 0.0462 e. The first-order valence-electron chi connectivity index (χ1n) is 19.8. The summed E-state index contributed by atoms with van der Waals surface area (Å²) in [4.78, 5) is 2.36. The zero-order valence-electron chi connectivity index (χ0n) is 31.7. The summed E-state index contributed by atoms with van der Waals surface area (Å²) < 4.78 is 2.65. The van der Waals surface area contributed by atoms with E-state index in [0.29, 0.717) is 0 Å². The van der Waals surface area contributed by atoms with Crippen LogP contribution in [0.25, 0.3) is 86.2 Å². The highest BCUT2D eigenvalue weighted by molar-refractivity contribution is 7.25. The molecule has 0 fully saturated rings. The van der Waals surface area contributed by atoms with Crippen molar-refractivity contribution in [2.45, 2.75) is 0 Å². The lowest BCUT2D eigenvalue weighted by molar-refractivity contribution is 1.28. The number of anilines is 3. The number of thiophene rings is 1. The maximum atomic E-state index is 2.36. The molecule has 0 bridgehead atoms. The summed E-state index contributed by atoms with van der Waals surface area (Å²) in [7, 11) is 0. The normalized spacial score (nSPS) is 11.4. The lowest BCUT2D eigenvalue weighted by Gasteiger charge is -2.26. The van der Waals surface area contributed by atoms with Crippen molar-refractivity contribution < 1.29 is 0 Å². The Morgan fingerprint density at radius 3 is 1.45 bits per heavy atom. The molecule has 0 radical (unpaired) electrons. The lowest BCUT2D eigenvalue weighted by atomic mass is 9.95. The van der Waals surface area contributed by atoms with Gasteiger partial charge in [0.2, 0.25) is 0 Å². The zero-order valence-corrected chi connectivity index (χ0v) is 32.5. The summed E-state index contributed by atoms with van der Waals surface area (Å²) in [5, 5.41) is 7.68. The maximum Gasteiger partial charge on any atom is 0.0462 e. The average Bonchev–Trinajstić information content (AvgIpc) is 3.67. The first-order chi connectivity index (χ1) is 28.7. The molecule has 0 aliphatic heterocycles. The van der Waals surface area contributed by atoms with Gasteiger partial charge >= 0.3 is 0 Å². The molecule has 1 nitrogen and oxygen atoms in total. The summed E-state index contributed by atoms with van der Waals surface area (Å²) in [6, 6.07) is 81.9. The molecule has 0 atom stereocenters. The van der Waals surface area contributed by atoms with Gasteiger partial charge in [0.1, 0.15) is 0 Å². The Morgan fingerprint density at radius 2 is 0.741 bits per heavy atom. The molecular weight excluding hydrogens is 719 g/mol. The fourth-order valence-electron chi connectivity index (χ4n) is 8.47. The Morgan fingerprint density at radius 1 is 0.259 bits per heavy atom. The third-order valence-corrected chi connectivity index (χ3v) is 12.6. The van der Waals surface area contributed by atoms with Gasteiger partial charge in [0.05, 0.1) is 0 Å². The van der Waals surface area contributed by atoms with Gasteiger partial charge in [0, 0.05) is 37.2 Å². The molecule has 0 aliphatic rings. The molecule has 272 valence electrons. The molecule has 58 heavy (non-hydrogen) atoms. The Hall–Kier alpha value is -7.26. The van der Waals surface area contributed by atoms with Crippen LogP contribution in [0.3, 0.4) is 0 Å². The summed E-state index contributed by atoms with van der Waals surface area (Å²) in [6.07, 6.45) is 0. The van der Waals surface area contributed by atoms with Gasteiger partial charge in [-0.1, -0.05) is 164 Å². The maximum absolute atomic E-state index is 2.36. The van der Waals surface area contributed by atoms with Crippen molar-refractivity contribution in [3.63, 3.8) is 0 Å². The van der Waals surface area contributed by atoms with Crippen LogP contribution in [0.4, 0.5) is 17.1 Å². The van der Waals surface area contributed by atoms with Crippen molar-refractivity contribution in [2.24, 2.45) is 0 Å². The SMILES string of the molecule is c1cc(-c2ccc(N(c3ccc(-c4ccc5ccccc5c4)cc3)c3ccc(-c4ccc5c(c4)sc4ccccc45)cc3)cc2)cc(-c2cccc3ccccc23)c1. The van der Waals surface area contributed by atoms with E-state index in [-0.39, 0.29) is 0 Å². The van der Waals surface area contributed by atoms with Gasteiger partial charge in [-0.05, 0) is 127 Å². The Labute approximate surface area is 342 Å². The summed E-state index contributed by atoms with van der Waals surface area (Å²) in [6.45, 7) is 0. The van der Waals surface area contributed by atoms with Crippen LogP contribution >= 0.6 is 11.3 Å². The highest BCUT2D eigenvalue weighted by atomic mass is 32.1. The van der Waals surface area contributed by atoms with Crippen LogP contribution in [-0.2, 0) is 0 Å². The fourth-order valence-corrected chi connectivity index (χ4v) is 9.62. The van der Waals surface area contributed by atoms with E-state index in [1.165, 1.54) is 86.2 Å². The molecule has 10 aromatic carbocycles. The summed E-state index contributed by atoms with van der Waals surface area (Å²) in [5.74, 6) is 0. The molecule has 2 heteroatoms. The van der Waals surface area contributed by atoms with Crippen molar-refractivity contribution in [2.75, 3.05) is 4.90 Å². The van der Waals surface area contributed by atoms with E-state index >= 15 is 0 Å². The molecule has 11 aromatic rings. The molecule has 1 aromatic heterocycles. The van der Waals surface area contributed by atoms with Gasteiger partial charge in [-0.25, -0.2) is 0 Å². The van der Waals surface area contributed by atoms with Crippen molar-refractivity contribution in [3.05, 3.63) is 224 Å². The van der Waals surface area contributed by atoms with E-state index in [0.717, 1.165) is 17.1 Å². The Kier molecular flexibility index (Phi) is 8.42. The van der Waals surface area contributed by atoms with Gasteiger partial charge < -0.3 is 4.90 Å². The molecule has 0 unspecified atom stereocenters. The Balaban J connectivity index is 0.952. The molecule has 11 rings (SSSR count). The predicted molar refractivity (Wildman–Crippen MR) is 251 cm³/mol. The van der Waals surface area contributed by atoms with Gasteiger partial charge in [0.25, 0.3) is 0 Å². The van der Waals surface area contributed by atoms with Gasteiger partial charge in [0.15, 0.2) is 0 Å². The van der Waals surface area contributed by atoms with Crippen LogP contribution in [0.1, 0.15) is 0 Å². The second kappa shape index (κ2) is 14.4. The van der Waals surface area contributed by atoms with Crippen LogP contribution < -0.4 is 4.90 Å². The molecule has 0 saturated heterocycles. The van der Waals surface area contributed by atoms with Crippen LogP contribution in [0.5, 0.6) is 0 Å². The molecule has 0 saturated carbocycles. The summed E-state index contributed by atoms with van der Waals surface area (Å²) >= 11 is 1.86. The molecule has 1 heterocycles. The molecular formula is C56H37NS. The monoisotopic (exact) mass is 755 g/mol. The second-order valence-corrected chi connectivity index (χ2v) is 16.0. The number of fused-ring (bicyclic) bond motifs is 5. The van der Waals surface area contributed by atoms with Crippen LogP contribution in [0, 0.1) is 0 Å². The standard InChI is InChI=1S/C56H37NS/c1-2-11-43-35-45(20-19-38(43)9-1)40-23-30-49(31-24-40)57(50-32-25-41(26-33-50)46-27-34-54-53-16-5-6-18-55(53)58-56(54)37-46)48-28-21-39(22-29-48)44-13-7-14-47(36-44)52-17-8-12-42-10-3-4-15-51(42)52/h1-37H. The van der Waals surface area contributed by atoms with Crippen LogP contribution in [0.2, 0.25) is 0 Å². The molecule has 0 N–H and O–H groups in total. The van der Waals surface area contributed by atoms with E-state index in [1.807, 2.05) is 11.3 Å². The third kappa shape index (κ3) is 6.21. The molecule has 0 amide bonds. The summed E-state index contributed by atoms with van der Waals surface area (Å²) in [5.41, 5.74) is 13.0. The third-order valence-electron chi connectivity index (χ3n) is 11.5. The number of benzene rings is 10. The first kappa shape index (κ1) is 34.0. The van der Waals surface area contributed by atoms with E-state index in [9.17, 15) is 0 Å². The predicted octanol–water partition coefficient (Wildman–Crippen LogP) is 16.5. The Bertz CT molecular complexity index is 3260. The van der Waals surface area contributed by atoms with E-state index in [2.05, 4.69) is 229 Å². The van der Waals surface area contributed by atoms with Crippen LogP contribution in [-0.4, -0.2) is 0 Å². The minimum absolute atomic E-state index is 1.10. The molecule has 0 spiro atoms. The second-order valence-electron chi connectivity index (χ2n) is 15.0. The zero-order chi connectivity index (χ0) is 38.4.